The highest BCUT2D eigenvalue weighted by Gasteiger charge is 2.12. The minimum atomic E-state index is 0.109. The zero-order chi connectivity index (χ0) is 12.2. The maximum atomic E-state index is 5.53. The van der Waals surface area contributed by atoms with E-state index in [2.05, 4.69) is 0 Å². The van der Waals surface area contributed by atoms with E-state index in [0.717, 1.165) is 26.1 Å². The summed E-state index contributed by atoms with van der Waals surface area (Å²) in [4.78, 5) is 0. The van der Waals surface area contributed by atoms with Gasteiger partial charge in [-0.05, 0) is 19.3 Å². The van der Waals surface area contributed by atoms with Crippen LogP contribution in [0.5, 0.6) is 0 Å². The first-order valence-electron chi connectivity index (χ1n) is 7.66. The van der Waals surface area contributed by atoms with E-state index in [1.54, 1.807) is 0 Å². The highest BCUT2D eigenvalue weighted by atomic mass is 28.1. The Morgan fingerprint density at radius 2 is 1.29 bits per heavy atom. The van der Waals surface area contributed by atoms with E-state index in [9.17, 15) is 0 Å². The Morgan fingerprint density at radius 1 is 0.765 bits per heavy atom. The van der Waals surface area contributed by atoms with Crippen molar-refractivity contribution in [3.63, 3.8) is 0 Å². The van der Waals surface area contributed by atoms with Gasteiger partial charge in [0.2, 0.25) is 0 Å². The van der Waals surface area contributed by atoms with E-state index >= 15 is 0 Å². The molecule has 0 N–H and O–H groups in total. The molecule has 1 heterocycles. The summed E-state index contributed by atoms with van der Waals surface area (Å²) in [6, 6.07) is 1.49. The molecule has 1 rings (SSSR count). The Bertz CT molecular complexity index is 158. The normalized spacial score (nSPS) is 17.6. The van der Waals surface area contributed by atoms with Crippen LogP contribution in [0.25, 0.3) is 0 Å². The molecule has 0 bridgehead atoms. The first-order chi connectivity index (χ1) is 8.43. The quantitative estimate of drug-likeness (QED) is 0.443. The van der Waals surface area contributed by atoms with Crippen molar-refractivity contribution in [2.45, 2.75) is 76.5 Å². The summed E-state index contributed by atoms with van der Waals surface area (Å²) in [7, 11) is 1.39. The van der Waals surface area contributed by atoms with Crippen molar-refractivity contribution < 1.29 is 9.47 Å². The van der Waals surface area contributed by atoms with E-state index in [4.69, 9.17) is 9.47 Å². The zero-order valence-corrected chi connectivity index (χ0v) is 13.6. The van der Waals surface area contributed by atoms with Crippen LogP contribution in [0, 0.1) is 0 Å². The molecule has 0 amide bonds. The van der Waals surface area contributed by atoms with Crippen molar-refractivity contribution in [2.24, 2.45) is 0 Å². The van der Waals surface area contributed by atoms with Crippen molar-refractivity contribution in [3.8, 4) is 0 Å². The second-order valence-corrected chi connectivity index (χ2v) is 6.14. The van der Waals surface area contributed by atoms with Gasteiger partial charge in [0.25, 0.3) is 0 Å². The lowest BCUT2D eigenvalue weighted by Crippen LogP contribution is -2.24. The third-order valence-corrected chi connectivity index (χ3v) is 4.15. The molecule has 0 radical (unpaired) electrons. The van der Waals surface area contributed by atoms with Crippen LogP contribution in [0.3, 0.4) is 0 Å². The lowest BCUT2D eigenvalue weighted by molar-refractivity contribution is -0.181. The molecule has 1 fully saturated rings. The highest BCUT2D eigenvalue weighted by molar-refractivity contribution is 6.08. The number of hydrogen-bond acceptors (Lipinski definition) is 2. The molecule has 0 aromatic heterocycles. The van der Waals surface area contributed by atoms with E-state index in [1.165, 1.54) is 67.7 Å². The molecule has 2 nitrogen and oxygen atoms in total. The largest absolute Gasteiger partial charge is 0.353 e. The summed E-state index contributed by atoms with van der Waals surface area (Å²) >= 11 is 0. The Morgan fingerprint density at radius 3 is 1.88 bits per heavy atom. The van der Waals surface area contributed by atoms with Gasteiger partial charge in [-0.15, -0.1) is 0 Å². The van der Waals surface area contributed by atoms with Crippen LogP contribution in [0.2, 0.25) is 6.04 Å². The number of hydrogen-bond donors (Lipinski definition) is 0. The minimum absolute atomic E-state index is 0.109. The van der Waals surface area contributed by atoms with Crippen LogP contribution in [0.4, 0.5) is 0 Å². The van der Waals surface area contributed by atoms with Gasteiger partial charge in [0.1, 0.15) is 0 Å². The van der Waals surface area contributed by atoms with Crippen molar-refractivity contribution in [1.29, 1.82) is 0 Å². The molecular weight excluding hydrogens is 228 g/mol. The fourth-order valence-electron chi connectivity index (χ4n) is 2.32. The minimum Gasteiger partial charge on any atom is -0.353 e. The van der Waals surface area contributed by atoms with Crippen LogP contribution in [0.1, 0.15) is 64.2 Å². The first-order valence-corrected chi connectivity index (χ1v) is 9.08. The molecule has 1 saturated heterocycles. The Balaban J connectivity index is 1.75. The fraction of sp³-hybridized carbons (Fsp3) is 1.00. The van der Waals surface area contributed by atoms with Crippen LogP contribution < -0.4 is 0 Å². The summed E-state index contributed by atoms with van der Waals surface area (Å²) in [5, 5.41) is 0. The summed E-state index contributed by atoms with van der Waals surface area (Å²) in [6.07, 6.45) is 13.6. The van der Waals surface area contributed by atoms with Gasteiger partial charge >= 0.3 is 0 Å². The Hall–Kier alpha value is 0.137. The van der Waals surface area contributed by atoms with Crippen molar-refractivity contribution in [1.82, 2.24) is 0 Å². The number of unbranched alkanes of at least 4 members (excludes halogenated alkanes) is 7. The molecule has 102 valence electrons. The highest BCUT2D eigenvalue weighted by Crippen LogP contribution is 2.14. The van der Waals surface area contributed by atoms with Gasteiger partial charge in [0.05, 0.1) is 13.2 Å². The Kier molecular flexibility index (Phi) is 10.0. The fourth-order valence-corrected chi connectivity index (χ4v) is 2.82. The number of rotatable bonds is 10. The molecule has 0 aromatic carbocycles. The van der Waals surface area contributed by atoms with Crippen molar-refractivity contribution in [2.75, 3.05) is 13.2 Å². The molecule has 0 atom stereocenters. The predicted molar refractivity (Wildman–Crippen MR) is 76.6 cm³/mol. The maximum absolute atomic E-state index is 5.53. The van der Waals surface area contributed by atoms with Crippen molar-refractivity contribution >= 4 is 10.2 Å². The van der Waals surface area contributed by atoms with Gasteiger partial charge in [-0.3, -0.25) is 0 Å². The third kappa shape index (κ3) is 8.81. The van der Waals surface area contributed by atoms with E-state index in [-0.39, 0.29) is 6.29 Å². The molecule has 0 aromatic rings. The lowest BCUT2D eigenvalue weighted by atomic mass is 10.1. The molecule has 0 saturated carbocycles. The molecule has 0 spiro atoms. The second kappa shape index (κ2) is 11.2. The summed E-state index contributed by atoms with van der Waals surface area (Å²) in [5.41, 5.74) is 0. The molecule has 3 heteroatoms. The van der Waals surface area contributed by atoms with Crippen LogP contribution >= 0.6 is 0 Å². The summed E-state index contributed by atoms with van der Waals surface area (Å²) in [6.45, 7) is 1.79. The van der Waals surface area contributed by atoms with Crippen LogP contribution in [-0.2, 0) is 9.47 Å². The van der Waals surface area contributed by atoms with Crippen LogP contribution in [0.15, 0.2) is 0 Å². The SMILES string of the molecule is [SiH3]CCCCCCCCCCC1OCCCO1. The monoisotopic (exact) mass is 258 g/mol. The van der Waals surface area contributed by atoms with E-state index in [1.807, 2.05) is 0 Å². The molecule has 0 aliphatic carbocycles. The van der Waals surface area contributed by atoms with E-state index < -0.39 is 0 Å². The summed E-state index contributed by atoms with van der Waals surface area (Å²) < 4.78 is 11.1. The van der Waals surface area contributed by atoms with Gasteiger partial charge in [-0.2, -0.15) is 0 Å². The zero-order valence-electron chi connectivity index (χ0n) is 11.6. The molecular formula is C14H30O2Si. The first kappa shape index (κ1) is 15.2. The van der Waals surface area contributed by atoms with Crippen LogP contribution in [-0.4, -0.2) is 29.7 Å². The predicted octanol–water partition coefficient (Wildman–Crippen LogP) is 3.04. The number of ether oxygens (including phenoxy) is 2. The lowest BCUT2D eigenvalue weighted by Gasteiger charge is -2.22. The average molecular weight is 258 g/mol. The maximum Gasteiger partial charge on any atom is 0.157 e. The smallest absolute Gasteiger partial charge is 0.157 e. The van der Waals surface area contributed by atoms with Gasteiger partial charge in [-0.25, -0.2) is 0 Å². The van der Waals surface area contributed by atoms with Gasteiger partial charge in [0.15, 0.2) is 6.29 Å². The molecule has 0 unspecified atom stereocenters. The average Bonchev–Trinajstić information content (AvgIpc) is 2.38. The van der Waals surface area contributed by atoms with E-state index in [0.29, 0.717) is 0 Å². The van der Waals surface area contributed by atoms with Gasteiger partial charge in [0, 0.05) is 10.2 Å². The molecule has 17 heavy (non-hydrogen) atoms. The summed E-state index contributed by atoms with van der Waals surface area (Å²) in [5.74, 6) is 0. The van der Waals surface area contributed by atoms with Crippen molar-refractivity contribution in [3.05, 3.63) is 0 Å². The Labute approximate surface area is 110 Å². The standard InChI is InChI=1S/C14H30O2Si/c17-13-8-6-4-2-1-3-5-7-10-14-15-11-9-12-16-14/h14H,1-13H2,17H3. The topological polar surface area (TPSA) is 18.5 Å². The van der Waals surface area contributed by atoms with Gasteiger partial charge in [-0.1, -0.05) is 51.0 Å². The van der Waals surface area contributed by atoms with Gasteiger partial charge < -0.3 is 9.47 Å². The second-order valence-electron chi connectivity index (χ2n) is 5.14. The molecule has 1 aliphatic heterocycles. The molecule has 1 aliphatic rings. The third-order valence-electron chi connectivity index (χ3n) is 3.44.